The van der Waals surface area contributed by atoms with Crippen molar-refractivity contribution in [1.82, 2.24) is 0 Å². The zero-order chi connectivity index (χ0) is 7.40. The predicted molar refractivity (Wildman–Crippen MR) is 36.8 cm³/mol. The van der Waals surface area contributed by atoms with Gasteiger partial charge in [0, 0.05) is 13.5 Å². The first-order chi connectivity index (χ1) is 4.83. The van der Waals surface area contributed by atoms with Crippen LogP contribution in [0.25, 0.3) is 0 Å². The maximum atomic E-state index is 5.33. The van der Waals surface area contributed by atoms with E-state index in [4.69, 9.17) is 14.2 Å². The van der Waals surface area contributed by atoms with Gasteiger partial charge in [0.05, 0.1) is 19.3 Å². The van der Waals surface area contributed by atoms with Crippen molar-refractivity contribution in [3.63, 3.8) is 0 Å². The van der Waals surface area contributed by atoms with Crippen molar-refractivity contribution in [1.29, 1.82) is 0 Å². The molecule has 60 valence electrons. The fourth-order valence-electron chi connectivity index (χ4n) is 1.00. The quantitative estimate of drug-likeness (QED) is 0.547. The molecule has 2 unspecified atom stereocenters. The SMILES string of the molecule is COC1CC(C)OCCO1. The lowest BCUT2D eigenvalue weighted by Gasteiger charge is -2.13. The Balaban J connectivity index is 2.30. The molecule has 0 saturated carbocycles. The number of methoxy groups -OCH3 is 1. The summed E-state index contributed by atoms with van der Waals surface area (Å²) in [5, 5.41) is 0. The summed E-state index contributed by atoms with van der Waals surface area (Å²) in [6.45, 7) is 3.35. The molecule has 0 aromatic heterocycles. The summed E-state index contributed by atoms with van der Waals surface area (Å²) in [4.78, 5) is 0. The van der Waals surface area contributed by atoms with E-state index < -0.39 is 0 Å². The van der Waals surface area contributed by atoms with Crippen LogP contribution in [0.3, 0.4) is 0 Å². The van der Waals surface area contributed by atoms with Gasteiger partial charge in [-0.2, -0.15) is 0 Å². The summed E-state index contributed by atoms with van der Waals surface area (Å²) in [6.07, 6.45) is 1.01. The van der Waals surface area contributed by atoms with E-state index in [2.05, 4.69) is 0 Å². The molecular weight excluding hydrogens is 132 g/mol. The Morgan fingerprint density at radius 3 is 2.70 bits per heavy atom. The Labute approximate surface area is 61.3 Å². The minimum atomic E-state index is -0.0718. The smallest absolute Gasteiger partial charge is 0.159 e. The van der Waals surface area contributed by atoms with E-state index in [9.17, 15) is 0 Å². The second kappa shape index (κ2) is 3.91. The molecule has 10 heavy (non-hydrogen) atoms. The minimum absolute atomic E-state index is 0.0718. The van der Waals surface area contributed by atoms with E-state index in [0.29, 0.717) is 13.2 Å². The van der Waals surface area contributed by atoms with Crippen molar-refractivity contribution in [3.05, 3.63) is 0 Å². The van der Waals surface area contributed by atoms with Crippen molar-refractivity contribution in [3.8, 4) is 0 Å². The van der Waals surface area contributed by atoms with Gasteiger partial charge in [-0.3, -0.25) is 0 Å². The molecule has 0 N–H and O–H groups in total. The Kier molecular flexibility index (Phi) is 3.12. The van der Waals surface area contributed by atoms with Crippen LogP contribution in [0.2, 0.25) is 0 Å². The van der Waals surface area contributed by atoms with Gasteiger partial charge < -0.3 is 14.2 Å². The molecule has 2 atom stereocenters. The fraction of sp³-hybridized carbons (Fsp3) is 1.00. The molecule has 1 saturated heterocycles. The van der Waals surface area contributed by atoms with E-state index >= 15 is 0 Å². The molecule has 1 aliphatic heterocycles. The van der Waals surface area contributed by atoms with Crippen molar-refractivity contribution in [2.24, 2.45) is 0 Å². The highest BCUT2D eigenvalue weighted by atomic mass is 16.7. The van der Waals surface area contributed by atoms with Gasteiger partial charge in [0.2, 0.25) is 0 Å². The average molecular weight is 146 g/mol. The van der Waals surface area contributed by atoms with E-state index in [0.717, 1.165) is 6.42 Å². The molecule has 1 heterocycles. The highest BCUT2D eigenvalue weighted by Gasteiger charge is 2.16. The maximum absolute atomic E-state index is 5.33. The zero-order valence-electron chi connectivity index (χ0n) is 6.50. The van der Waals surface area contributed by atoms with Crippen LogP contribution in [0.5, 0.6) is 0 Å². The summed E-state index contributed by atoms with van der Waals surface area (Å²) >= 11 is 0. The molecule has 0 amide bonds. The van der Waals surface area contributed by atoms with Gasteiger partial charge in [0.25, 0.3) is 0 Å². The van der Waals surface area contributed by atoms with Crippen molar-refractivity contribution < 1.29 is 14.2 Å². The first kappa shape index (κ1) is 7.98. The van der Waals surface area contributed by atoms with Gasteiger partial charge in [-0.1, -0.05) is 0 Å². The largest absolute Gasteiger partial charge is 0.376 e. The predicted octanol–water partition coefficient (Wildman–Crippen LogP) is 0.784. The third kappa shape index (κ3) is 2.25. The molecule has 0 aromatic carbocycles. The Morgan fingerprint density at radius 1 is 1.30 bits per heavy atom. The lowest BCUT2D eigenvalue weighted by atomic mass is 10.3. The van der Waals surface area contributed by atoms with Gasteiger partial charge >= 0.3 is 0 Å². The molecule has 0 radical (unpaired) electrons. The first-order valence-corrected chi connectivity index (χ1v) is 3.59. The summed E-state index contributed by atoms with van der Waals surface area (Å²) in [5.41, 5.74) is 0. The molecule has 0 aliphatic carbocycles. The average Bonchev–Trinajstić information content (AvgIpc) is 2.13. The molecule has 0 aromatic rings. The second-order valence-corrected chi connectivity index (χ2v) is 2.45. The van der Waals surface area contributed by atoms with Crippen molar-refractivity contribution in [2.75, 3.05) is 20.3 Å². The Hall–Kier alpha value is -0.120. The lowest BCUT2D eigenvalue weighted by Crippen LogP contribution is -2.18. The third-order valence-electron chi connectivity index (χ3n) is 1.58. The van der Waals surface area contributed by atoms with E-state index in [1.54, 1.807) is 7.11 Å². The van der Waals surface area contributed by atoms with Crippen LogP contribution in [0.1, 0.15) is 13.3 Å². The van der Waals surface area contributed by atoms with Crippen LogP contribution in [0.4, 0.5) is 0 Å². The summed E-state index contributed by atoms with van der Waals surface area (Å²) in [7, 11) is 1.66. The fourth-order valence-corrected chi connectivity index (χ4v) is 1.00. The normalized spacial score (nSPS) is 35.4. The topological polar surface area (TPSA) is 27.7 Å². The first-order valence-electron chi connectivity index (χ1n) is 3.59. The van der Waals surface area contributed by atoms with Crippen LogP contribution < -0.4 is 0 Å². The highest BCUT2D eigenvalue weighted by Crippen LogP contribution is 2.10. The van der Waals surface area contributed by atoms with Gasteiger partial charge in [-0.25, -0.2) is 0 Å². The summed E-state index contributed by atoms with van der Waals surface area (Å²) in [5.74, 6) is 0. The highest BCUT2D eigenvalue weighted by molar-refractivity contribution is 4.57. The van der Waals surface area contributed by atoms with Gasteiger partial charge in [-0.05, 0) is 6.92 Å². The third-order valence-corrected chi connectivity index (χ3v) is 1.58. The van der Waals surface area contributed by atoms with Gasteiger partial charge in [-0.15, -0.1) is 0 Å². The van der Waals surface area contributed by atoms with Crippen LogP contribution >= 0.6 is 0 Å². The number of ether oxygens (including phenoxy) is 3. The van der Waals surface area contributed by atoms with E-state index in [-0.39, 0.29) is 12.4 Å². The zero-order valence-corrected chi connectivity index (χ0v) is 6.50. The molecule has 0 spiro atoms. The molecular formula is C7H14O3. The number of hydrogen-bond donors (Lipinski definition) is 0. The minimum Gasteiger partial charge on any atom is -0.376 e. The molecule has 1 fully saturated rings. The summed E-state index contributed by atoms with van der Waals surface area (Å²) in [6, 6.07) is 0. The van der Waals surface area contributed by atoms with Crippen LogP contribution in [0.15, 0.2) is 0 Å². The van der Waals surface area contributed by atoms with E-state index in [1.165, 1.54) is 0 Å². The molecule has 1 aliphatic rings. The van der Waals surface area contributed by atoms with Crippen molar-refractivity contribution >= 4 is 0 Å². The van der Waals surface area contributed by atoms with Crippen molar-refractivity contribution in [2.45, 2.75) is 25.7 Å². The Bertz CT molecular complexity index is 94.9. The van der Waals surface area contributed by atoms with Crippen LogP contribution in [-0.4, -0.2) is 32.7 Å². The van der Waals surface area contributed by atoms with Gasteiger partial charge in [0.15, 0.2) is 6.29 Å². The van der Waals surface area contributed by atoms with E-state index in [1.807, 2.05) is 6.92 Å². The molecule has 1 rings (SSSR count). The lowest BCUT2D eigenvalue weighted by molar-refractivity contribution is -0.120. The monoisotopic (exact) mass is 146 g/mol. The molecule has 3 heteroatoms. The molecule has 3 nitrogen and oxygen atoms in total. The second-order valence-electron chi connectivity index (χ2n) is 2.45. The van der Waals surface area contributed by atoms with Crippen LogP contribution in [-0.2, 0) is 14.2 Å². The number of hydrogen-bond acceptors (Lipinski definition) is 3. The standard InChI is InChI=1S/C7H14O3/c1-6-5-7(8-2)10-4-3-9-6/h6-7H,3-5H2,1-2H3. The molecule has 0 bridgehead atoms. The summed E-state index contributed by atoms with van der Waals surface area (Å²) < 4.78 is 15.6. The number of rotatable bonds is 1. The Morgan fingerprint density at radius 2 is 2.00 bits per heavy atom. The van der Waals surface area contributed by atoms with Gasteiger partial charge in [0.1, 0.15) is 0 Å². The maximum Gasteiger partial charge on any atom is 0.159 e. The van der Waals surface area contributed by atoms with Crippen LogP contribution in [0, 0.1) is 0 Å².